The first-order valence-electron chi connectivity index (χ1n) is 6.91. The highest BCUT2D eigenvalue weighted by Gasteiger charge is 2.30. The second kappa shape index (κ2) is 10.2. The van der Waals surface area contributed by atoms with Crippen molar-refractivity contribution < 1.29 is 23.8 Å². The van der Waals surface area contributed by atoms with E-state index in [1.54, 1.807) is 0 Å². The van der Waals surface area contributed by atoms with Crippen LogP contribution in [0.15, 0.2) is 0 Å². The van der Waals surface area contributed by atoms with Crippen molar-refractivity contribution in [3.8, 4) is 0 Å². The number of hydrogen-bond acceptors (Lipinski definition) is 5. The number of rotatable bonds is 10. The van der Waals surface area contributed by atoms with Crippen LogP contribution in [0.5, 0.6) is 0 Å². The van der Waals surface area contributed by atoms with Crippen LogP contribution in [0, 0.1) is 0 Å². The van der Waals surface area contributed by atoms with E-state index < -0.39 is 14.7 Å². The summed E-state index contributed by atoms with van der Waals surface area (Å²) in [6, 6.07) is 0.813. The molecule has 0 saturated heterocycles. The van der Waals surface area contributed by atoms with Gasteiger partial charge in [0.05, 0.1) is 0 Å². The van der Waals surface area contributed by atoms with Gasteiger partial charge in [0.15, 0.2) is 0 Å². The molecule has 1 N–H and O–H groups in total. The van der Waals surface area contributed by atoms with Gasteiger partial charge in [-0.15, -0.1) is 0 Å². The molecule has 0 radical (unpaired) electrons. The monoisotopic (exact) mass is 293 g/mol. The van der Waals surface area contributed by atoms with E-state index in [0.29, 0.717) is 26.3 Å². The summed E-state index contributed by atoms with van der Waals surface area (Å²) in [5, 5.41) is 8.43. The SMILES string of the molecule is CCCN(CCC[Si](C)(OCC)OCC)C(=O)OO. The van der Waals surface area contributed by atoms with Gasteiger partial charge in [0, 0.05) is 26.3 Å². The summed E-state index contributed by atoms with van der Waals surface area (Å²) in [6.45, 7) is 10.3. The van der Waals surface area contributed by atoms with Crippen LogP contribution in [-0.2, 0) is 13.7 Å². The molecule has 0 atom stereocenters. The van der Waals surface area contributed by atoms with Gasteiger partial charge in [0.25, 0.3) is 0 Å². The van der Waals surface area contributed by atoms with Gasteiger partial charge in [-0.05, 0) is 39.3 Å². The number of carbonyl (C=O) groups is 1. The minimum Gasteiger partial charge on any atom is -0.395 e. The highest BCUT2D eigenvalue weighted by molar-refractivity contribution is 6.66. The topological polar surface area (TPSA) is 68.2 Å². The van der Waals surface area contributed by atoms with E-state index >= 15 is 0 Å². The van der Waals surface area contributed by atoms with Gasteiger partial charge < -0.3 is 13.8 Å². The zero-order valence-corrected chi connectivity index (χ0v) is 13.5. The molecule has 0 aliphatic carbocycles. The first-order valence-corrected chi connectivity index (χ1v) is 9.43. The van der Waals surface area contributed by atoms with Gasteiger partial charge in [-0.25, -0.2) is 4.79 Å². The van der Waals surface area contributed by atoms with E-state index in [9.17, 15) is 4.79 Å². The lowest BCUT2D eigenvalue weighted by atomic mass is 10.4. The van der Waals surface area contributed by atoms with Crippen LogP contribution in [0.1, 0.15) is 33.6 Å². The van der Waals surface area contributed by atoms with Crippen LogP contribution in [0.25, 0.3) is 0 Å². The molecule has 0 aliphatic heterocycles. The molecule has 0 aromatic heterocycles. The van der Waals surface area contributed by atoms with Crippen molar-refractivity contribution in [2.75, 3.05) is 26.3 Å². The maximum Gasteiger partial charge on any atom is 0.441 e. The molecule has 0 spiro atoms. The Morgan fingerprint density at radius 2 is 1.74 bits per heavy atom. The summed E-state index contributed by atoms with van der Waals surface area (Å²) in [7, 11) is -2.13. The molecule has 114 valence electrons. The summed E-state index contributed by atoms with van der Waals surface area (Å²) in [5.74, 6) is 0. The Morgan fingerprint density at radius 3 is 2.16 bits per heavy atom. The molecule has 0 rings (SSSR count). The lowest BCUT2D eigenvalue weighted by Gasteiger charge is -2.27. The average Bonchev–Trinajstić information content (AvgIpc) is 2.37. The van der Waals surface area contributed by atoms with Crippen molar-refractivity contribution in [2.24, 2.45) is 0 Å². The van der Waals surface area contributed by atoms with Crippen molar-refractivity contribution in [1.82, 2.24) is 4.90 Å². The van der Waals surface area contributed by atoms with E-state index in [-0.39, 0.29) is 0 Å². The molecule has 0 heterocycles. The average molecular weight is 293 g/mol. The summed E-state index contributed by atoms with van der Waals surface area (Å²) in [4.78, 5) is 16.6. The molecule has 6 nitrogen and oxygen atoms in total. The van der Waals surface area contributed by atoms with Gasteiger partial charge in [0.2, 0.25) is 0 Å². The third-order valence-corrected chi connectivity index (χ3v) is 5.85. The van der Waals surface area contributed by atoms with Crippen LogP contribution in [-0.4, -0.2) is 51.1 Å². The maximum atomic E-state index is 11.3. The predicted molar refractivity (Wildman–Crippen MR) is 75.3 cm³/mol. The zero-order valence-electron chi connectivity index (χ0n) is 12.5. The molecule has 0 aliphatic rings. The first kappa shape index (κ1) is 18.4. The van der Waals surface area contributed by atoms with Crippen LogP contribution in [0.3, 0.4) is 0 Å². The molecule has 0 bridgehead atoms. The Kier molecular flexibility index (Phi) is 9.85. The Bertz CT molecular complexity index is 246. The first-order chi connectivity index (χ1) is 9.02. The zero-order chi connectivity index (χ0) is 14.7. The summed E-state index contributed by atoms with van der Waals surface area (Å²) >= 11 is 0. The van der Waals surface area contributed by atoms with Crippen LogP contribution >= 0.6 is 0 Å². The molecular formula is C12H27NO5Si. The lowest BCUT2D eigenvalue weighted by molar-refractivity contribution is -0.188. The third-order valence-electron chi connectivity index (χ3n) is 2.79. The third kappa shape index (κ3) is 7.51. The summed E-state index contributed by atoms with van der Waals surface area (Å²) in [6.07, 6.45) is 0.900. The van der Waals surface area contributed by atoms with Crippen molar-refractivity contribution >= 4 is 14.7 Å². The van der Waals surface area contributed by atoms with E-state index in [4.69, 9.17) is 14.1 Å². The molecule has 0 fully saturated rings. The number of nitrogens with zero attached hydrogens (tertiary/aromatic N) is 1. The van der Waals surface area contributed by atoms with Gasteiger partial charge in [0.1, 0.15) is 0 Å². The fourth-order valence-corrected chi connectivity index (χ4v) is 4.40. The fourth-order valence-electron chi connectivity index (χ4n) is 2.01. The highest BCUT2D eigenvalue weighted by Crippen LogP contribution is 2.16. The van der Waals surface area contributed by atoms with Crippen molar-refractivity contribution in [3.05, 3.63) is 0 Å². The van der Waals surface area contributed by atoms with Crippen molar-refractivity contribution in [3.63, 3.8) is 0 Å². The highest BCUT2D eigenvalue weighted by atomic mass is 28.4. The minimum absolute atomic E-state index is 0.538. The van der Waals surface area contributed by atoms with E-state index in [1.165, 1.54) is 4.90 Å². The van der Waals surface area contributed by atoms with Gasteiger partial charge in [-0.3, -0.25) is 4.89 Å². The molecule has 7 heteroatoms. The van der Waals surface area contributed by atoms with Crippen molar-refractivity contribution in [1.29, 1.82) is 0 Å². The number of hydrogen-bond donors (Lipinski definition) is 1. The van der Waals surface area contributed by atoms with E-state index in [2.05, 4.69) is 4.89 Å². The quantitative estimate of drug-likeness (QED) is 0.381. The van der Waals surface area contributed by atoms with Crippen LogP contribution in [0.4, 0.5) is 4.79 Å². The number of carbonyl (C=O) groups excluding carboxylic acids is 1. The molecule has 0 saturated carbocycles. The Morgan fingerprint density at radius 1 is 1.16 bits per heavy atom. The Balaban J connectivity index is 4.23. The van der Waals surface area contributed by atoms with Crippen LogP contribution in [0.2, 0.25) is 12.6 Å². The largest absolute Gasteiger partial charge is 0.441 e. The summed E-state index contributed by atoms with van der Waals surface area (Å²) in [5.41, 5.74) is 0. The van der Waals surface area contributed by atoms with Gasteiger partial charge in [-0.1, -0.05) is 6.92 Å². The van der Waals surface area contributed by atoms with Crippen molar-refractivity contribution in [2.45, 2.75) is 46.2 Å². The second-order valence-electron chi connectivity index (χ2n) is 4.45. The fraction of sp³-hybridized carbons (Fsp3) is 0.917. The predicted octanol–water partition coefficient (Wildman–Crippen LogP) is 2.84. The summed E-state index contributed by atoms with van der Waals surface area (Å²) < 4.78 is 11.5. The second-order valence-corrected chi connectivity index (χ2v) is 7.79. The smallest absolute Gasteiger partial charge is 0.395 e. The minimum atomic E-state index is -2.13. The maximum absolute atomic E-state index is 11.3. The van der Waals surface area contributed by atoms with E-state index in [1.807, 2.05) is 27.3 Å². The molecule has 0 aromatic rings. The Hall–Kier alpha value is -0.633. The van der Waals surface area contributed by atoms with Gasteiger partial charge in [-0.2, -0.15) is 5.26 Å². The Labute approximate surface area is 116 Å². The van der Waals surface area contributed by atoms with Crippen LogP contribution < -0.4 is 0 Å². The van der Waals surface area contributed by atoms with E-state index in [0.717, 1.165) is 18.9 Å². The molecule has 1 amide bonds. The van der Waals surface area contributed by atoms with Gasteiger partial charge >= 0.3 is 14.7 Å². The molecular weight excluding hydrogens is 266 g/mol. The molecule has 0 unspecified atom stereocenters. The lowest BCUT2D eigenvalue weighted by Crippen LogP contribution is -2.40. The number of amides is 1. The standard InChI is InChI=1S/C12H27NO5Si/c1-5-9-13(12(14)18-15)10-8-11-19(4,16-6-2)17-7-3/h15H,5-11H2,1-4H3. The normalized spacial score (nSPS) is 11.4. The molecule has 0 aromatic carbocycles. The molecule has 19 heavy (non-hydrogen) atoms.